The van der Waals surface area contributed by atoms with Crippen molar-refractivity contribution in [2.24, 2.45) is 17.8 Å². The summed E-state index contributed by atoms with van der Waals surface area (Å²) in [5.41, 5.74) is 0.676. The fourth-order valence-electron chi connectivity index (χ4n) is 3.16. The molecule has 1 aromatic carbocycles. The van der Waals surface area contributed by atoms with Crippen molar-refractivity contribution in [1.29, 1.82) is 0 Å². The van der Waals surface area contributed by atoms with E-state index in [1.165, 1.54) is 19.6 Å². The van der Waals surface area contributed by atoms with Crippen molar-refractivity contribution >= 4 is 0 Å². The molecule has 0 spiro atoms. The quantitative estimate of drug-likeness (QED) is 0.874. The minimum atomic E-state index is -0.525. The first-order valence-electron chi connectivity index (χ1n) is 6.20. The molecule has 3 rings (SSSR count). The first-order valence-corrected chi connectivity index (χ1v) is 6.20. The molecule has 2 nitrogen and oxygen atoms in total. The Balaban J connectivity index is 1.76. The minimum absolute atomic E-state index is 0.232. The highest BCUT2D eigenvalue weighted by Crippen LogP contribution is 2.57. The van der Waals surface area contributed by atoms with Crippen molar-refractivity contribution in [2.75, 3.05) is 7.11 Å². The van der Waals surface area contributed by atoms with Crippen molar-refractivity contribution < 1.29 is 14.2 Å². The molecule has 2 aliphatic carbocycles. The van der Waals surface area contributed by atoms with Gasteiger partial charge < -0.3 is 9.84 Å². The summed E-state index contributed by atoms with van der Waals surface area (Å²) in [6.07, 6.45) is 3.00. The standard InChI is InChI=1S/C14H17FO2/c1-17-13-3-2-8(7-12(13)15)14(16)11-5-9-4-10(9)6-11/h2-3,7,9-11,14,16H,4-6H2,1H3. The molecule has 2 fully saturated rings. The van der Waals surface area contributed by atoms with Gasteiger partial charge in [-0.2, -0.15) is 0 Å². The average Bonchev–Trinajstić information content (AvgIpc) is 2.95. The van der Waals surface area contributed by atoms with E-state index < -0.39 is 11.9 Å². The Morgan fingerprint density at radius 1 is 1.29 bits per heavy atom. The molecule has 0 heterocycles. The van der Waals surface area contributed by atoms with Crippen molar-refractivity contribution in [3.05, 3.63) is 29.6 Å². The lowest BCUT2D eigenvalue weighted by Crippen LogP contribution is -2.11. The fourth-order valence-corrected chi connectivity index (χ4v) is 3.16. The molecule has 1 aromatic rings. The molecule has 0 bridgehead atoms. The van der Waals surface area contributed by atoms with E-state index in [0.29, 0.717) is 11.5 Å². The zero-order chi connectivity index (χ0) is 12.0. The van der Waals surface area contributed by atoms with Crippen LogP contribution in [0, 0.1) is 23.6 Å². The predicted octanol–water partition coefficient (Wildman–Crippen LogP) is 2.91. The number of rotatable bonds is 3. The Kier molecular flexibility index (Phi) is 2.58. The van der Waals surface area contributed by atoms with E-state index in [1.807, 2.05) is 0 Å². The number of ether oxygens (including phenoxy) is 1. The molecule has 0 saturated heterocycles. The van der Waals surface area contributed by atoms with E-state index >= 15 is 0 Å². The summed E-state index contributed by atoms with van der Waals surface area (Å²) in [6, 6.07) is 4.74. The SMILES string of the molecule is COc1ccc(C(O)C2CC3CC3C2)cc1F. The van der Waals surface area contributed by atoms with Crippen LogP contribution in [0.1, 0.15) is 30.9 Å². The number of aliphatic hydroxyl groups excluding tert-OH is 1. The largest absolute Gasteiger partial charge is 0.494 e. The maximum Gasteiger partial charge on any atom is 0.165 e. The maximum absolute atomic E-state index is 13.5. The molecule has 92 valence electrons. The lowest BCUT2D eigenvalue weighted by Gasteiger charge is -2.20. The van der Waals surface area contributed by atoms with Crippen molar-refractivity contribution in [3.63, 3.8) is 0 Å². The fraction of sp³-hybridized carbons (Fsp3) is 0.571. The highest BCUT2D eigenvalue weighted by atomic mass is 19.1. The molecule has 0 radical (unpaired) electrons. The molecular formula is C14H17FO2. The third kappa shape index (κ3) is 1.93. The lowest BCUT2D eigenvalue weighted by molar-refractivity contribution is 0.104. The van der Waals surface area contributed by atoms with Crippen LogP contribution in [-0.2, 0) is 0 Å². The lowest BCUT2D eigenvalue weighted by atomic mass is 9.91. The smallest absolute Gasteiger partial charge is 0.165 e. The van der Waals surface area contributed by atoms with Crippen LogP contribution in [0.3, 0.4) is 0 Å². The van der Waals surface area contributed by atoms with Gasteiger partial charge in [0, 0.05) is 0 Å². The molecule has 1 N–H and O–H groups in total. The van der Waals surface area contributed by atoms with Crippen molar-refractivity contribution in [3.8, 4) is 5.75 Å². The van der Waals surface area contributed by atoms with Gasteiger partial charge >= 0.3 is 0 Å². The molecule has 0 aromatic heterocycles. The summed E-state index contributed by atoms with van der Waals surface area (Å²) in [7, 11) is 1.44. The molecule has 2 saturated carbocycles. The second-order valence-corrected chi connectivity index (χ2v) is 5.33. The zero-order valence-corrected chi connectivity index (χ0v) is 9.90. The number of halogens is 1. The van der Waals surface area contributed by atoms with Crippen molar-refractivity contribution in [1.82, 2.24) is 0 Å². The Hall–Kier alpha value is -1.09. The third-order valence-electron chi connectivity index (χ3n) is 4.24. The Morgan fingerprint density at radius 3 is 2.59 bits per heavy atom. The number of hydrogen-bond acceptors (Lipinski definition) is 2. The highest BCUT2D eigenvalue weighted by molar-refractivity contribution is 5.31. The van der Waals surface area contributed by atoms with Gasteiger partial charge in [-0.25, -0.2) is 4.39 Å². The van der Waals surface area contributed by atoms with E-state index in [-0.39, 0.29) is 5.75 Å². The van der Waals surface area contributed by atoms with Crippen LogP contribution in [-0.4, -0.2) is 12.2 Å². The Labute approximate surface area is 100 Å². The predicted molar refractivity (Wildman–Crippen MR) is 62.2 cm³/mol. The summed E-state index contributed by atoms with van der Waals surface area (Å²) >= 11 is 0. The first-order chi connectivity index (χ1) is 8.19. The van der Waals surface area contributed by atoms with Crippen LogP contribution < -0.4 is 4.74 Å². The Bertz CT molecular complexity index is 422. The van der Waals surface area contributed by atoms with Crippen LogP contribution in [0.4, 0.5) is 4.39 Å². The van der Waals surface area contributed by atoms with Crippen molar-refractivity contribution in [2.45, 2.75) is 25.4 Å². The van der Waals surface area contributed by atoms with Gasteiger partial charge in [-0.05, 0) is 54.7 Å². The monoisotopic (exact) mass is 236 g/mol. The number of fused-ring (bicyclic) bond motifs is 1. The number of methoxy groups -OCH3 is 1. The third-order valence-corrected chi connectivity index (χ3v) is 4.24. The minimum Gasteiger partial charge on any atom is -0.494 e. The van der Waals surface area contributed by atoms with Gasteiger partial charge in [0.1, 0.15) is 0 Å². The van der Waals surface area contributed by atoms with E-state index in [1.54, 1.807) is 12.1 Å². The first kappa shape index (κ1) is 11.0. The number of hydrogen-bond donors (Lipinski definition) is 1. The van der Waals surface area contributed by atoms with Crippen LogP contribution in [0.2, 0.25) is 0 Å². The van der Waals surface area contributed by atoms with Crippen LogP contribution in [0.15, 0.2) is 18.2 Å². The van der Waals surface area contributed by atoms with E-state index in [4.69, 9.17) is 4.74 Å². The molecule has 3 unspecified atom stereocenters. The summed E-state index contributed by atoms with van der Waals surface area (Å²) in [6.45, 7) is 0. The van der Waals surface area contributed by atoms with Crippen LogP contribution >= 0.6 is 0 Å². The van der Waals surface area contributed by atoms with Crippen LogP contribution in [0.25, 0.3) is 0 Å². The van der Waals surface area contributed by atoms with E-state index in [0.717, 1.165) is 24.7 Å². The van der Waals surface area contributed by atoms with Crippen LogP contribution in [0.5, 0.6) is 5.75 Å². The molecule has 0 amide bonds. The topological polar surface area (TPSA) is 29.5 Å². The molecule has 3 heteroatoms. The van der Waals surface area contributed by atoms with Gasteiger partial charge in [0.15, 0.2) is 11.6 Å². The van der Waals surface area contributed by atoms with E-state index in [2.05, 4.69) is 0 Å². The summed E-state index contributed by atoms with van der Waals surface area (Å²) in [5, 5.41) is 10.2. The average molecular weight is 236 g/mol. The van der Waals surface area contributed by atoms with Gasteiger partial charge in [-0.1, -0.05) is 6.07 Å². The molecule has 0 aliphatic heterocycles. The van der Waals surface area contributed by atoms with Gasteiger partial charge in [0.2, 0.25) is 0 Å². The normalized spacial score (nSPS) is 32.1. The molecular weight excluding hydrogens is 219 g/mol. The van der Waals surface area contributed by atoms with Gasteiger partial charge in [-0.15, -0.1) is 0 Å². The summed E-state index contributed by atoms with van der Waals surface area (Å²) in [4.78, 5) is 0. The van der Waals surface area contributed by atoms with E-state index in [9.17, 15) is 9.50 Å². The molecule has 3 atom stereocenters. The molecule has 2 aliphatic rings. The van der Waals surface area contributed by atoms with Gasteiger partial charge in [-0.3, -0.25) is 0 Å². The zero-order valence-electron chi connectivity index (χ0n) is 9.90. The summed E-state index contributed by atoms with van der Waals surface area (Å²) < 4.78 is 18.4. The van der Waals surface area contributed by atoms with Gasteiger partial charge in [0.25, 0.3) is 0 Å². The summed E-state index contributed by atoms with van der Waals surface area (Å²) in [5.74, 6) is 1.81. The maximum atomic E-state index is 13.5. The number of benzene rings is 1. The second-order valence-electron chi connectivity index (χ2n) is 5.33. The Morgan fingerprint density at radius 2 is 2.00 bits per heavy atom. The van der Waals surface area contributed by atoms with Gasteiger partial charge in [0.05, 0.1) is 13.2 Å². The molecule has 17 heavy (non-hydrogen) atoms. The highest BCUT2D eigenvalue weighted by Gasteiger charge is 2.47. The number of aliphatic hydroxyl groups is 1. The second kappa shape index (κ2) is 3.98.